The van der Waals surface area contributed by atoms with E-state index in [1.54, 1.807) is 4.90 Å². The molecule has 0 aromatic heterocycles. The molecule has 0 bridgehead atoms. The normalized spacial score (nSPS) is 36.5. The smallest absolute Gasteiger partial charge is 0.307 e. The summed E-state index contributed by atoms with van der Waals surface area (Å²) in [7, 11) is 0. The van der Waals surface area contributed by atoms with E-state index in [-0.39, 0.29) is 29.7 Å². The van der Waals surface area contributed by atoms with Crippen LogP contribution in [0.4, 0.5) is 0 Å². The van der Waals surface area contributed by atoms with Crippen LogP contribution in [0.5, 0.6) is 0 Å². The van der Waals surface area contributed by atoms with Gasteiger partial charge in [0.15, 0.2) is 0 Å². The standard InChI is InChI=1S/C15H24N2O4/c1-8-5-11(12(6-8)15(20)21)14(19)17-7-10(13(16)18)4-3-9(17)2/h8-12H,3-7H2,1-2H3,(H2,16,18)(H,20,21)/t8?,9?,10?,11-,12+/m0/s1. The SMILES string of the molecule is CC1C[C@H](C(=O)N2CC(C(N)=O)CCC2C)[C@H](C(=O)O)C1. The second-order valence-corrected chi connectivity index (χ2v) is 6.64. The van der Waals surface area contributed by atoms with Gasteiger partial charge >= 0.3 is 5.97 Å². The molecule has 6 nitrogen and oxygen atoms in total. The first-order valence-electron chi connectivity index (χ1n) is 7.63. The molecule has 0 spiro atoms. The summed E-state index contributed by atoms with van der Waals surface area (Å²) in [5, 5.41) is 9.31. The van der Waals surface area contributed by atoms with Crippen LogP contribution in [-0.2, 0) is 14.4 Å². The van der Waals surface area contributed by atoms with E-state index in [2.05, 4.69) is 0 Å². The van der Waals surface area contributed by atoms with Gasteiger partial charge < -0.3 is 15.7 Å². The number of aliphatic carboxylic acids is 1. The summed E-state index contributed by atoms with van der Waals surface area (Å²) in [5.41, 5.74) is 5.36. The van der Waals surface area contributed by atoms with Crippen LogP contribution >= 0.6 is 0 Å². The first kappa shape index (κ1) is 15.8. The Morgan fingerprint density at radius 2 is 1.71 bits per heavy atom. The third-order valence-corrected chi connectivity index (χ3v) is 5.00. The largest absolute Gasteiger partial charge is 0.481 e. The number of likely N-dealkylation sites (tertiary alicyclic amines) is 1. The van der Waals surface area contributed by atoms with Gasteiger partial charge in [-0.1, -0.05) is 6.92 Å². The summed E-state index contributed by atoms with van der Waals surface area (Å²) >= 11 is 0. The van der Waals surface area contributed by atoms with Crippen LogP contribution in [0.2, 0.25) is 0 Å². The molecular weight excluding hydrogens is 272 g/mol. The second kappa shape index (κ2) is 6.03. The van der Waals surface area contributed by atoms with Crippen LogP contribution in [0.15, 0.2) is 0 Å². The van der Waals surface area contributed by atoms with Gasteiger partial charge in [0, 0.05) is 12.6 Å². The minimum Gasteiger partial charge on any atom is -0.481 e. The highest BCUT2D eigenvalue weighted by Crippen LogP contribution is 2.38. The number of amides is 2. The fourth-order valence-corrected chi connectivity index (χ4v) is 3.70. The average molecular weight is 296 g/mol. The van der Waals surface area contributed by atoms with Crippen molar-refractivity contribution >= 4 is 17.8 Å². The van der Waals surface area contributed by atoms with E-state index in [9.17, 15) is 19.5 Å². The zero-order chi connectivity index (χ0) is 15.7. The predicted octanol–water partition coefficient (Wildman–Crippen LogP) is 0.846. The Morgan fingerprint density at radius 1 is 1.10 bits per heavy atom. The molecule has 0 radical (unpaired) electrons. The highest BCUT2D eigenvalue weighted by atomic mass is 16.4. The number of carbonyl (C=O) groups is 3. The van der Waals surface area contributed by atoms with Gasteiger partial charge in [-0.3, -0.25) is 14.4 Å². The maximum atomic E-state index is 12.7. The predicted molar refractivity (Wildman–Crippen MR) is 76.1 cm³/mol. The first-order chi connectivity index (χ1) is 9.81. The van der Waals surface area contributed by atoms with Gasteiger partial charge in [0.2, 0.25) is 11.8 Å². The molecule has 21 heavy (non-hydrogen) atoms. The molecule has 2 fully saturated rings. The van der Waals surface area contributed by atoms with Gasteiger partial charge in [-0.15, -0.1) is 0 Å². The number of hydrogen-bond donors (Lipinski definition) is 2. The highest BCUT2D eigenvalue weighted by Gasteiger charge is 2.44. The Labute approximate surface area is 124 Å². The molecule has 3 N–H and O–H groups in total. The number of nitrogens with zero attached hydrogens (tertiary/aromatic N) is 1. The van der Waals surface area contributed by atoms with Crippen molar-refractivity contribution < 1.29 is 19.5 Å². The first-order valence-corrected chi connectivity index (χ1v) is 7.63. The lowest BCUT2D eigenvalue weighted by Gasteiger charge is -2.38. The lowest BCUT2D eigenvalue weighted by atomic mass is 9.89. The molecule has 1 saturated heterocycles. The Morgan fingerprint density at radius 3 is 2.29 bits per heavy atom. The molecule has 1 heterocycles. The molecule has 1 saturated carbocycles. The van der Waals surface area contributed by atoms with Crippen LogP contribution in [0.25, 0.3) is 0 Å². The minimum atomic E-state index is -0.895. The molecule has 2 amide bonds. The van der Waals surface area contributed by atoms with E-state index in [0.717, 1.165) is 6.42 Å². The third kappa shape index (κ3) is 3.19. The molecule has 1 aliphatic carbocycles. The molecule has 2 aliphatic rings. The molecule has 0 aromatic carbocycles. The lowest BCUT2D eigenvalue weighted by molar-refractivity contribution is -0.151. The number of nitrogens with two attached hydrogens (primary N) is 1. The second-order valence-electron chi connectivity index (χ2n) is 6.64. The van der Waals surface area contributed by atoms with Crippen LogP contribution in [0.1, 0.15) is 39.5 Å². The minimum absolute atomic E-state index is 0.0402. The van der Waals surface area contributed by atoms with Crippen molar-refractivity contribution in [1.82, 2.24) is 4.90 Å². The average Bonchev–Trinajstić information content (AvgIpc) is 2.80. The lowest BCUT2D eigenvalue weighted by Crippen LogP contribution is -2.51. The van der Waals surface area contributed by atoms with Crippen LogP contribution in [0, 0.1) is 23.7 Å². The highest BCUT2D eigenvalue weighted by molar-refractivity contribution is 5.86. The van der Waals surface area contributed by atoms with E-state index in [0.29, 0.717) is 25.8 Å². The Hall–Kier alpha value is -1.59. The molecule has 1 aliphatic heterocycles. The fraction of sp³-hybridized carbons (Fsp3) is 0.800. The molecule has 6 heteroatoms. The topological polar surface area (TPSA) is 101 Å². The Balaban J connectivity index is 2.13. The summed E-state index contributed by atoms with van der Waals surface area (Å²) < 4.78 is 0. The number of rotatable bonds is 3. The zero-order valence-electron chi connectivity index (χ0n) is 12.6. The van der Waals surface area contributed by atoms with Gasteiger partial charge in [-0.05, 0) is 38.5 Å². The number of carboxylic acids is 1. The van der Waals surface area contributed by atoms with E-state index in [4.69, 9.17) is 5.73 Å². The number of piperidine rings is 1. The fourth-order valence-electron chi connectivity index (χ4n) is 3.70. The quantitative estimate of drug-likeness (QED) is 0.806. The summed E-state index contributed by atoms with van der Waals surface area (Å²) in [6, 6.07) is 0.0402. The molecule has 118 valence electrons. The van der Waals surface area contributed by atoms with Crippen molar-refractivity contribution in [3.8, 4) is 0 Å². The number of primary amides is 1. The number of hydrogen-bond acceptors (Lipinski definition) is 3. The van der Waals surface area contributed by atoms with Gasteiger partial charge in [-0.25, -0.2) is 0 Å². The van der Waals surface area contributed by atoms with Gasteiger partial charge in [0.25, 0.3) is 0 Å². The van der Waals surface area contributed by atoms with Crippen molar-refractivity contribution in [2.75, 3.05) is 6.54 Å². The van der Waals surface area contributed by atoms with Gasteiger partial charge in [0.1, 0.15) is 0 Å². The van der Waals surface area contributed by atoms with Crippen LogP contribution in [0.3, 0.4) is 0 Å². The number of carbonyl (C=O) groups excluding carboxylic acids is 2. The van der Waals surface area contributed by atoms with Crippen LogP contribution < -0.4 is 5.73 Å². The molecular formula is C15H24N2O4. The maximum Gasteiger partial charge on any atom is 0.307 e. The Kier molecular flexibility index (Phi) is 4.54. The zero-order valence-corrected chi connectivity index (χ0v) is 12.6. The summed E-state index contributed by atoms with van der Waals surface area (Å²) in [5.74, 6) is -2.53. The van der Waals surface area contributed by atoms with Crippen LogP contribution in [-0.4, -0.2) is 40.4 Å². The molecule has 5 atom stereocenters. The molecule has 0 aromatic rings. The van der Waals surface area contributed by atoms with Crippen molar-refractivity contribution in [1.29, 1.82) is 0 Å². The van der Waals surface area contributed by atoms with Crippen molar-refractivity contribution in [3.05, 3.63) is 0 Å². The van der Waals surface area contributed by atoms with Crippen molar-refractivity contribution in [3.63, 3.8) is 0 Å². The summed E-state index contributed by atoms with van der Waals surface area (Å²) in [6.07, 6.45) is 2.59. The summed E-state index contributed by atoms with van der Waals surface area (Å²) in [4.78, 5) is 37.1. The monoisotopic (exact) mass is 296 g/mol. The Bertz CT molecular complexity index is 451. The van der Waals surface area contributed by atoms with Gasteiger partial charge in [-0.2, -0.15) is 0 Å². The number of carboxylic acid groups (broad SMARTS) is 1. The van der Waals surface area contributed by atoms with E-state index < -0.39 is 17.8 Å². The van der Waals surface area contributed by atoms with E-state index >= 15 is 0 Å². The van der Waals surface area contributed by atoms with E-state index in [1.165, 1.54) is 0 Å². The molecule has 2 rings (SSSR count). The third-order valence-electron chi connectivity index (χ3n) is 5.00. The van der Waals surface area contributed by atoms with E-state index in [1.807, 2.05) is 13.8 Å². The summed E-state index contributed by atoms with van der Waals surface area (Å²) in [6.45, 7) is 4.25. The van der Waals surface area contributed by atoms with Gasteiger partial charge in [0.05, 0.1) is 17.8 Å². The molecule has 3 unspecified atom stereocenters. The van der Waals surface area contributed by atoms with Crippen molar-refractivity contribution in [2.24, 2.45) is 29.4 Å². The van der Waals surface area contributed by atoms with Crippen molar-refractivity contribution in [2.45, 2.75) is 45.6 Å². The maximum absolute atomic E-state index is 12.7.